The van der Waals surface area contributed by atoms with Gasteiger partial charge in [-0.15, -0.1) is 0 Å². The highest BCUT2D eigenvalue weighted by Crippen LogP contribution is 2.29. The molecule has 0 radical (unpaired) electrons. The van der Waals surface area contributed by atoms with E-state index in [9.17, 15) is 9.59 Å². The molecule has 1 N–H and O–H groups in total. The Bertz CT molecular complexity index is 1140. The molecule has 0 bridgehead atoms. The van der Waals surface area contributed by atoms with Crippen LogP contribution < -0.4 is 14.8 Å². The second-order valence-corrected chi connectivity index (χ2v) is 9.05. The summed E-state index contributed by atoms with van der Waals surface area (Å²) in [6.45, 7) is 3.84. The topological polar surface area (TPSA) is 90.4 Å². The standard InChI is InChI=1S/C24H25N3O4S2/c1-15-5-7-17(8-6-15)20(28)13-33-24-25-16(2)11-23(27-24)32-14-22(29)26-19-10-9-18(30-3)12-21(19)31-4/h5-12H,13-14H2,1-4H3,(H,26,29). The molecule has 0 spiro atoms. The Morgan fingerprint density at radius 3 is 2.36 bits per heavy atom. The Morgan fingerprint density at radius 1 is 0.909 bits per heavy atom. The Balaban J connectivity index is 1.57. The molecule has 0 atom stereocenters. The van der Waals surface area contributed by atoms with Gasteiger partial charge in [0.05, 0.1) is 31.4 Å². The highest BCUT2D eigenvalue weighted by molar-refractivity contribution is 8.00. The molecule has 172 valence electrons. The molecule has 1 heterocycles. The third-order valence-corrected chi connectivity index (χ3v) is 6.31. The number of carbonyl (C=O) groups is 2. The van der Waals surface area contributed by atoms with Crippen molar-refractivity contribution in [2.75, 3.05) is 31.0 Å². The van der Waals surface area contributed by atoms with Crippen molar-refractivity contribution in [1.29, 1.82) is 0 Å². The summed E-state index contributed by atoms with van der Waals surface area (Å²) in [5.41, 5.74) is 3.11. The predicted octanol–water partition coefficient (Wildman–Crippen LogP) is 4.82. The molecule has 9 heteroatoms. The molecule has 3 rings (SSSR count). The fourth-order valence-electron chi connectivity index (χ4n) is 2.83. The summed E-state index contributed by atoms with van der Waals surface area (Å²) < 4.78 is 10.5. The maximum atomic E-state index is 12.5. The number of hydrogen-bond donors (Lipinski definition) is 1. The van der Waals surface area contributed by atoms with Gasteiger partial charge in [0, 0.05) is 17.3 Å². The Labute approximate surface area is 201 Å². The number of ether oxygens (including phenoxy) is 2. The molecule has 1 amide bonds. The second-order valence-electron chi connectivity index (χ2n) is 7.11. The fraction of sp³-hybridized carbons (Fsp3) is 0.250. The molecular weight excluding hydrogens is 458 g/mol. The Kier molecular flexibility index (Phi) is 8.73. The number of benzene rings is 2. The lowest BCUT2D eigenvalue weighted by atomic mass is 10.1. The average molecular weight is 484 g/mol. The first-order valence-corrected chi connectivity index (χ1v) is 12.1. The first-order valence-electron chi connectivity index (χ1n) is 10.1. The van der Waals surface area contributed by atoms with E-state index in [2.05, 4.69) is 15.3 Å². The van der Waals surface area contributed by atoms with Gasteiger partial charge in [-0.1, -0.05) is 53.4 Å². The number of ketones is 1. The lowest BCUT2D eigenvalue weighted by Gasteiger charge is -2.11. The molecule has 33 heavy (non-hydrogen) atoms. The van der Waals surface area contributed by atoms with Crippen LogP contribution in [0, 0.1) is 13.8 Å². The lowest BCUT2D eigenvalue weighted by Crippen LogP contribution is -2.15. The summed E-state index contributed by atoms with van der Waals surface area (Å²) in [7, 11) is 3.10. The number of methoxy groups -OCH3 is 2. The van der Waals surface area contributed by atoms with Crippen LogP contribution in [0.2, 0.25) is 0 Å². The normalized spacial score (nSPS) is 10.5. The van der Waals surface area contributed by atoms with Crippen molar-refractivity contribution in [2.24, 2.45) is 0 Å². The number of thioether (sulfide) groups is 2. The molecule has 3 aromatic rings. The highest BCUT2D eigenvalue weighted by atomic mass is 32.2. The van der Waals surface area contributed by atoms with E-state index in [-0.39, 0.29) is 23.2 Å². The maximum absolute atomic E-state index is 12.5. The number of aromatic nitrogens is 2. The Hall–Kier alpha value is -3.04. The maximum Gasteiger partial charge on any atom is 0.234 e. The van der Waals surface area contributed by atoms with Crippen LogP contribution in [0.15, 0.2) is 58.7 Å². The van der Waals surface area contributed by atoms with Crippen LogP contribution in [0.1, 0.15) is 21.6 Å². The minimum atomic E-state index is -0.191. The van der Waals surface area contributed by atoms with E-state index in [1.54, 1.807) is 25.3 Å². The van der Waals surface area contributed by atoms with Crippen LogP contribution >= 0.6 is 23.5 Å². The van der Waals surface area contributed by atoms with Gasteiger partial charge in [0.25, 0.3) is 0 Å². The van der Waals surface area contributed by atoms with Crippen LogP contribution in [0.4, 0.5) is 5.69 Å². The molecule has 0 saturated heterocycles. The molecular formula is C24H25N3O4S2. The number of aryl methyl sites for hydroxylation is 2. The SMILES string of the molecule is COc1ccc(NC(=O)CSc2cc(C)nc(SCC(=O)c3ccc(C)cc3)n2)c(OC)c1. The van der Waals surface area contributed by atoms with Gasteiger partial charge in [-0.2, -0.15) is 0 Å². The molecule has 0 saturated carbocycles. The summed E-state index contributed by atoms with van der Waals surface area (Å²) in [6.07, 6.45) is 0. The van der Waals surface area contributed by atoms with E-state index in [1.807, 2.05) is 44.2 Å². The number of Topliss-reactive ketones (excluding diaryl/α,β-unsaturated/α-hetero) is 1. The van der Waals surface area contributed by atoms with Crippen LogP contribution in [-0.4, -0.2) is 47.4 Å². The van der Waals surface area contributed by atoms with Gasteiger partial charge in [0.1, 0.15) is 16.5 Å². The monoisotopic (exact) mass is 483 g/mol. The van der Waals surface area contributed by atoms with Crippen LogP contribution in [-0.2, 0) is 4.79 Å². The van der Waals surface area contributed by atoms with Gasteiger partial charge in [-0.05, 0) is 32.0 Å². The summed E-state index contributed by atoms with van der Waals surface area (Å²) >= 11 is 2.59. The summed E-state index contributed by atoms with van der Waals surface area (Å²) in [6, 6.07) is 14.5. The Morgan fingerprint density at radius 2 is 1.67 bits per heavy atom. The largest absolute Gasteiger partial charge is 0.497 e. The van der Waals surface area contributed by atoms with E-state index in [0.29, 0.717) is 32.9 Å². The van der Waals surface area contributed by atoms with E-state index >= 15 is 0 Å². The second kappa shape index (κ2) is 11.7. The number of rotatable bonds is 10. The molecule has 0 aliphatic rings. The third-order valence-electron chi connectivity index (χ3n) is 4.55. The number of amides is 1. The first-order chi connectivity index (χ1) is 15.9. The van der Waals surface area contributed by atoms with Crippen LogP contribution in [0.3, 0.4) is 0 Å². The van der Waals surface area contributed by atoms with Gasteiger partial charge in [-0.3, -0.25) is 9.59 Å². The number of nitrogens with zero attached hydrogens (tertiary/aromatic N) is 2. The molecule has 0 unspecified atom stereocenters. The molecule has 7 nitrogen and oxygen atoms in total. The van der Waals surface area contributed by atoms with Gasteiger partial charge >= 0.3 is 0 Å². The zero-order valence-electron chi connectivity index (χ0n) is 18.9. The number of carbonyl (C=O) groups excluding carboxylic acids is 2. The molecule has 0 fully saturated rings. The molecule has 1 aromatic heterocycles. The predicted molar refractivity (Wildman–Crippen MR) is 132 cm³/mol. The van der Waals surface area contributed by atoms with Gasteiger partial charge in [0.15, 0.2) is 10.9 Å². The molecule has 0 aliphatic heterocycles. The van der Waals surface area contributed by atoms with Gasteiger partial charge < -0.3 is 14.8 Å². The molecule has 2 aromatic carbocycles. The van der Waals surface area contributed by atoms with Crippen molar-refractivity contribution in [3.05, 3.63) is 65.4 Å². The zero-order valence-corrected chi connectivity index (χ0v) is 20.5. The summed E-state index contributed by atoms with van der Waals surface area (Å²) in [4.78, 5) is 33.8. The van der Waals surface area contributed by atoms with Gasteiger partial charge in [0.2, 0.25) is 5.91 Å². The minimum Gasteiger partial charge on any atom is -0.497 e. The quantitative estimate of drug-likeness (QED) is 0.190. The fourth-order valence-corrected chi connectivity index (χ4v) is 4.44. The lowest BCUT2D eigenvalue weighted by molar-refractivity contribution is -0.113. The zero-order chi connectivity index (χ0) is 23.8. The van der Waals surface area contributed by atoms with E-state index in [1.165, 1.54) is 30.6 Å². The van der Waals surface area contributed by atoms with Crippen molar-refractivity contribution < 1.29 is 19.1 Å². The average Bonchev–Trinajstić information content (AvgIpc) is 2.81. The number of anilines is 1. The number of nitrogens with one attached hydrogen (secondary N) is 1. The van der Waals surface area contributed by atoms with E-state index < -0.39 is 0 Å². The van der Waals surface area contributed by atoms with Crippen molar-refractivity contribution in [3.8, 4) is 11.5 Å². The van der Waals surface area contributed by atoms with Gasteiger partial charge in [-0.25, -0.2) is 9.97 Å². The van der Waals surface area contributed by atoms with Crippen molar-refractivity contribution >= 4 is 40.9 Å². The van der Waals surface area contributed by atoms with E-state index in [0.717, 1.165) is 11.3 Å². The summed E-state index contributed by atoms with van der Waals surface area (Å²) in [5, 5.41) is 4.02. The van der Waals surface area contributed by atoms with Crippen LogP contribution in [0.5, 0.6) is 11.5 Å². The first kappa shape index (κ1) is 24.6. The van der Waals surface area contributed by atoms with E-state index in [4.69, 9.17) is 9.47 Å². The number of hydrogen-bond acceptors (Lipinski definition) is 8. The van der Waals surface area contributed by atoms with Crippen molar-refractivity contribution in [2.45, 2.75) is 24.0 Å². The smallest absolute Gasteiger partial charge is 0.234 e. The highest BCUT2D eigenvalue weighted by Gasteiger charge is 2.12. The van der Waals surface area contributed by atoms with Crippen molar-refractivity contribution in [1.82, 2.24) is 9.97 Å². The molecule has 0 aliphatic carbocycles. The van der Waals surface area contributed by atoms with Crippen LogP contribution in [0.25, 0.3) is 0 Å². The minimum absolute atomic E-state index is 0.0205. The third kappa shape index (κ3) is 7.23. The summed E-state index contributed by atoms with van der Waals surface area (Å²) in [5.74, 6) is 1.39. The van der Waals surface area contributed by atoms with Crippen molar-refractivity contribution in [3.63, 3.8) is 0 Å².